The van der Waals surface area contributed by atoms with Gasteiger partial charge in [-0.1, -0.05) is 12.1 Å². The van der Waals surface area contributed by atoms with Crippen LogP contribution in [0, 0.1) is 10.1 Å². The summed E-state index contributed by atoms with van der Waals surface area (Å²) in [5.74, 6) is -0.457. The van der Waals surface area contributed by atoms with Gasteiger partial charge in [-0.15, -0.1) is 0 Å². The third-order valence-corrected chi connectivity index (χ3v) is 3.75. The fourth-order valence-corrected chi connectivity index (χ4v) is 2.74. The Morgan fingerprint density at radius 3 is 2.96 bits per heavy atom. The molecule has 0 aliphatic carbocycles. The Kier molecular flexibility index (Phi) is 3.83. The molecule has 2 heterocycles. The quantitative estimate of drug-likeness (QED) is 0.368. The standard InChI is InChI=1S/C14H11ClN4O4/c1-23-13(20)9-4-2-3-8-5-6-18(11(8)9)12-10(19(21)22)7-16-14(15)17-12/h2-4,7H,5-6H2,1H3. The lowest BCUT2D eigenvalue weighted by molar-refractivity contribution is -0.384. The second-order valence-corrected chi connectivity index (χ2v) is 5.15. The van der Waals surface area contributed by atoms with Crippen molar-refractivity contribution in [2.24, 2.45) is 0 Å². The average molecular weight is 335 g/mol. The van der Waals surface area contributed by atoms with E-state index >= 15 is 0 Å². The van der Waals surface area contributed by atoms with Crippen LogP contribution in [-0.2, 0) is 11.2 Å². The predicted molar refractivity (Wildman–Crippen MR) is 82.2 cm³/mol. The lowest BCUT2D eigenvalue weighted by Crippen LogP contribution is -2.19. The molecule has 0 spiro atoms. The molecule has 1 aromatic heterocycles. The van der Waals surface area contributed by atoms with Gasteiger partial charge in [0, 0.05) is 6.54 Å². The lowest BCUT2D eigenvalue weighted by atomic mass is 10.1. The highest BCUT2D eigenvalue weighted by molar-refractivity contribution is 6.28. The number of hydrogen-bond acceptors (Lipinski definition) is 7. The molecule has 0 atom stereocenters. The molecule has 0 radical (unpaired) electrons. The van der Waals surface area contributed by atoms with Gasteiger partial charge in [-0.25, -0.2) is 9.78 Å². The van der Waals surface area contributed by atoms with Crippen molar-refractivity contribution in [2.75, 3.05) is 18.6 Å². The number of ether oxygens (including phenoxy) is 1. The lowest BCUT2D eigenvalue weighted by Gasteiger charge is -2.20. The van der Waals surface area contributed by atoms with E-state index in [4.69, 9.17) is 16.3 Å². The normalized spacial score (nSPS) is 12.9. The van der Waals surface area contributed by atoms with Crippen LogP contribution >= 0.6 is 11.6 Å². The number of anilines is 2. The number of rotatable bonds is 3. The van der Waals surface area contributed by atoms with Gasteiger partial charge in [-0.3, -0.25) is 10.1 Å². The van der Waals surface area contributed by atoms with Gasteiger partial charge in [-0.2, -0.15) is 4.98 Å². The number of aromatic nitrogens is 2. The number of nitrogens with zero attached hydrogens (tertiary/aromatic N) is 4. The Labute approximate surface area is 135 Å². The average Bonchev–Trinajstić information content (AvgIpc) is 2.97. The number of hydrogen-bond donors (Lipinski definition) is 0. The van der Waals surface area contributed by atoms with Crippen LogP contribution in [0.1, 0.15) is 15.9 Å². The van der Waals surface area contributed by atoms with Crippen molar-refractivity contribution in [3.63, 3.8) is 0 Å². The zero-order valence-corrected chi connectivity index (χ0v) is 12.8. The summed E-state index contributed by atoms with van der Waals surface area (Å²) in [6.45, 7) is 0.442. The highest BCUT2D eigenvalue weighted by Crippen LogP contribution is 2.40. The number of halogens is 1. The molecule has 0 saturated heterocycles. The fourth-order valence-electron chi connectivity index (χ4n) is 2.62. The molecule has 0 saturated carbocycles. The summed E-state index contributed by atoms with van der Waals surface area (Å²) < 4.78 is 4.79. The second kappa shape index (κ2) is 5.81. The van der Waals surface area contributed by atoms with Crippen molar-refractivity contribution in [1.82, 2.24) is 9.97 Å². The molecule has 0 unspecified atom stereocenters. The Hall–Kier alpha value is -2.74. The van der Waals surface area contributed by atoms with E-state index in [1.807, 2.05) is 6.07 Å². The number of nitro groups is 1. The van der Waals surface area contributed by atoms with Crippen molar-refractivity contribution < 1.29 is 14.5 Å². The monoisotopic (exact) mass is 334 g/mol. The molecule has 9 heteroatoms. The Morgan fingerprint density at radius 2 is 2.26 bits per heavy atom. The largest absolute Gasteiger partial charge is 0.465 e. The third kappa shape index (κ3) is 2.57. The van der Waals surface area contributed by atoms with Crippen LogP contribution in [0.15, 0.2) is 24.4 Å². The number of methoxy groups -OCH3 is 1. The molecule has 118 valence electrons. The van der Waals surface area contributed by atoms with E-state index in [1.54, 1.807) is 17.0 Å². The highest BCUT2D eigenvalue weighted by atomic mass is 35.5. The maximum atomic E-state index is 12.0. The van der Waals surface area contributed by atoms with E-state index in [2.05, 4.69) is 9.97 Å². The van der Waals surface area contributed by atoms with Crippen molar-refractivity contribution in [3.05, 3.63) is 50.9 Å². The summed E-state index contributed by atoms with van der Waals surface area (Å²) in [7, 11) is 1.28. The first-order chi connectivity index (χ1) is 11.0. The molecule has 1 aromatic carbocycles. The van der Waals surface area contributed by atoms with Gasteiger partial charge in [0.25, 0.3) is 0 Å². The van der Waals surface area contributed by atoms with Gasteiger partial charge < -0.3 is 9.64 Å². The molecule has 0 fully saturated rings. The summed E-state index contributed by atoms with van der Waals surface area (Å²) in [6.07, 6.45) is 1.68. The first kappa shape index (κ1) is 15.2. The van der Waals surface area contributed by atoms with E-state index < -0.39 is 10.9 Å². The minimum atomic E-state index is -0.579. The summed E-state index contributed by atoms with van der Waals surface area (Å²) >= 11 is 5.79. The summed E-state index contributed by atoms with van der Waals surface area (Å²) in [5, 5.41) is 11.1. The number of esters is 1. The van der Waals surface area contributed by atoms with Crippen molar-refractivity contribution in [3.8, 4) is 0 Å². The number of carbonyl (C=O) groups is 1. The van der Waals surface area contributed by atoms with Crippen molar-refractivity contribution in [1.29, 1.82) is 0 Å². The number of carbonyl (C=O) groups excluding carboxylic acids is 1. The Morgan fingerprint density at radius 1 is 1.48 bits per heavy atom. The zero-order chi connectivity index (χ0) is 16.6. The number of benzene rings is 1. The van der Waals surface area contributed by atoms with Gasteiger partial charge in [0.15, 0.2) is 0 Å². The van der Waals surface area contributed by atoms with Gasteiger partial charge >= 0.3 is 11.7 Å². The minimum absolute atomic E-state index is 0.0603. The predicted octanol–water partition coefficient (Wildman–Crippen LogP) is 2.52. The molecule has 0 N–H and O–H groups in total. The smallest absolute Gasteiger partial charge is 0.339 e. The van der Waals surface area contributed by atoms with Crippen molar-refractivity contribution >= 4 is 34.8 Å². The van der Waals surface area contributed by atoms with Crippen LogP contribution in [0.25, 0.3) is 0 Å². The van der Waals surface area contributed by atoms with Gasteiger partial charge in [0.1, 0.15) is 6.20 Å². The summed E-state index contributed by atoms with van der Waals surface area (Å²) in [5.41, 5.74) is 1.49. The molecule has 23 heavy (non-hydrogen) atoms. The Bertz CT molecular complexity index is 811. The van der Waals surface area contributed by atoms with Crippen LogP contribution < -0.4 is 4.90 Å². The molecule has 0 amide bonds. The minimum Gasteiger partial charge on any atom is -0.465 e. The van der Waals surface area contributed by atoms with E-state index in [9.17, 15) is 14.9 Å². The van der Waals surface area contributed by atoms with Gasteiger partial charge in [0.05, 0.1) is 23.3 Å². The highest BCUT2D eigenvalue weighted by Gasteiger charge is 2.32. The molecule has 8 nitrogen and oxygen atoms in total. The zero-order valence-electron chi connectivity index (χ0n) is 12.0. The Balaban J connectivity index is 2.19. The second-order valence-electron chi connectivity index (χ2n) is 4.81. The van der Waals surface area contributed by atoms with Gasteiger partial charge in [0.2, 0.25) is 11.1 Å². The molecule has 2 aromatic rings. The van der Waals surface area contributed by atoms with E-state index in [-0.39, 0.29) is 16.8 Å². The van der Waals surface area contributed by atoms with E-state index in [0.717, 1.165) is 11.8 Å². The van der Waals surface area contributed by atoms with Gasteiger partial charge in [-0.05, 0) is 29.7 Å². The maximum absolute atomic E-state index is 12.0. The van der Waals surface area contributed by atoms with Crippen molar-refractivity contribution in [2.45, 2.75) is 6.42 Å². The maximum Gasteiger partial charge on any atom is 0.339 e. The van der Waals surface area contributed by atoms with Crippen LogP contribution in [0.3, 0.4) is 0 Å². The topological polar surface area (TPSA) is 98.5 Å². The first-order valence-corrected chi connectivity index (χ1v) is 7.05. The fraction of sp³-hybridized carbons (Fsp3) is 0.214. The molecular formula is C14H11ClN4O4. The van der Waals surface area contributed by atoms with E-state index in [1.165, 1.54) is 7.11 Å². The molecular weight excluding hydrogens is 324 g/mol. The number of para-hydroxylation sites is 1. The summed E-state index contributed by atoms with van der Waals surface area (Å²) in [6, 6.07) is 5.21. The van der Waals surface area contributed by atoms with Crippen LogP contribution in [0.4, 0.5) is 17.2 Å². The SMILES string of the molecule is COC(=O)c1cccc2c1N(c1nc(Cl)ncc1[N+](=O)[O-])CC2. The third-order valence-electron chi connectivity index (χ3n) is 3.57. The van der Waals surface area contributed by atoms with Crippen LogP contribution in [0.2, 0.25) is 5.28 Å². The van der Waals surface area contributed by atoms with Crippen LogP contribution in [-0.4, -0.2) is 34.5 Å². The summed E-state index contributed by atoms with van der Waals surface area (Å²) in [4.78, 5) is 31.9. The molecule has 1 aliphatic heterocycles. The molecule has 1 aliphatic rings. The van der Waals surface area contributed by atoms with Crippen LogP contribution in [0.5, 0.6) is 0 Å². The number of fused-ring (bicyclic) bond motifs is 1. The van der Waals surface area contributed by atoms with E-state index in [0.29, 0.717) is 24.2 Å². The molecule has 0 bridgehead atoms. The first-order valence-electron chi connectivity index (χ1n) is 6.67. The molecule has 3 rings (SSSR count).